The summed E-state index contributed by atoms with van der Waals surface area (Å²) >= 11 is 5.95. The van der Waals surface area contributed by atoms with Gasteiger partial charge in [0.15, 0.2) is 0 Å². The maximum Gasteiger partial charge on any atom is 0.255 e. The third-order valence-corrected chi connectivity index (χ3v) is 5.12. The number of piperidine rings is 1. The summed E-state index contributed by atoms with van der Waals surface area (Å²) in [6.07, 6.45) is 6.79. The van der Waals surface area contributed by atoms with Crippen LogP contribution in [0.25, 0.3) is 11.1 Å². The van der Waals surface area contributed by atoms with Gasteiger partial charge in [-0.05, 0) is 62.5 Å². The van der Waals surface area contributed by atoms with E-state index in [4.69, 9.17) is 11.6 Å². The SMILES string of the molecule is CNCCC1CCN(C(=O)c2cncc(-c3ccc(Cl)cc3)c2)CC1. The van der Waals surface area contributed by atoms with E-state index < -0.39 is 0 Å². The van der Waals surface area contributed by atoms with Crippen LogP contribution in [0.5, 0.6) is 0 Å². The van der Waals surface area contributed by atoms with E-state index >= 15 is 0 Å². The molecular formula is C20H24ClN3O. The van der Waals surface area contributed by atoms with Crippen molar-refractivity contribution in [3.8, 4) is 11.1 Å². The van der Waals surface area contributed by atoms with Gasteiger partial charge in [-0.3, -0.25) is 9.78 Å². The number of hydrogen-bond donors (Lipinski definition) is 1. The lowest BCUT2D eigenvalue weighted by molar-refractivity contribution is 0.0687. The molecule has 1 amide bonds. The van der Waals surface area contributed by atoms with Gasteiger partial charge in [0.2, 0.25) is 0 Å². The molecule has 0 atom stereocenters. The number of benzene rings is 1. The molecule has 1 N–H and O–H groups in total. The van der Waals surface area contributed by atoms with Crippen LogP contribution < -0.4 is 5.32 Å². The van der Waals surface area contributed by atoms with Crippen molar-refractivity contribution in [1.82, 2.24) is 15.2 Å². The molecule has 0 spiro atoms. The first-order valence-electron chi connectivity index (χ1n) is 8.82. The van der Waals surface area contributed by atoms with E-state index in [2.05, 4.69) is 10.3 Å². The molecule has 132 valence electrons. The lowest BCUT2D eigenvalue weighted by Crippen LogP contribution is -2.39. The molecule has 1 saturated heterocycles. The largest absolute Gasteiger partial charge is 0.339 e. The Kier molecular flexibility index (Phi) is 6.05. The summed E-state index contributed by atoms with van der Waals surface area (Å²) in [5.41, 5.74) is 2.60. The van der Waals surface area contributed by atoms with Gasteiger partial charge in [-0.15, -0.1) is 0 Å². The smallest absolute Gasteiger partial charge is 0.255 e. The molecule has 0 unspecified atom stereocenters. The number of halogens is 1. The van der Waals surface area contributed by atoms with Crippen LogP contribution in [-0.4, -0.2) is 42.5 Å². The Morgan fingerprint density at radius 2 is 1.92 bits per heavy atom. The average Bonchev–Trinajstić information content (AvgIpc) is 2.67. The van der Waals surface area contributed by atoms with Crippen LogP contribution in [0.4, 0.5) is 0 Å². The van der Waals surface area contributed by atoms with Crippen molar-refractivity contribution in [2.24, 2.45) is 5.92 Å². The first-order chi connectivity index (χ1) is 12.2. The van der Waals surface area contributed by atoms with Crippen molar-refractivity contribution in [2.75, 3.05) is 26.7 Å². The van der Waals surface area contributed by atoms with Crippen LogP contribution in [0, 0.1) is 5.92 Å². The van der Waals surface area contributed by atoms with E-state index in [0.717, 1.165) is 49.5 Å². The number of carbonyl (C=O) groups is 1. The van der Waals surface area contributed by atoms with Gasteiger partial charge in [0.25, 0.3) is 5.91 Å². The molecule has 0 saturated carbocycles. The zero-order chi connectivity index (χ0) is 17.6. The monoisotopic (exact) mass is 357 g/mol. The summed E-state index contributed by atoms with van der Waals surface area (Å²) in [5.74, 6) is 0.797. The number of nitrogens with zero attached hydrogens (tertiary/aromatic N) is 2. The van der Waals surface area contributed by atoms with Crippen molar-refractivity contribution in [3.63, 3.8) is 0 Å². The molecule has 25 heavy (non-hydrogen) atoms. The predicted molar refractivity (Wildman–Crippen MR) is 102 cm³/mol. The van der Waals surface area contributed by atoms with Crippen molar-refractivity contribution < 1.29 is 4.79 Å². The van der Waals surface area contributed by atoms with Crippen LogP contribution in [0.2, 0.25) is 5.02 Å². The third kappa shape index (κ3) is 4.59. The number of aromatic nitrogens is 1. The number of rotatable bonds is 5. The Bertz CT molecular complexity index is 709. The zero-order valence-electron chi connectivity index (χ0n) is 14.5. The minimum atomic E-state index is 0.0791. The lowest BCUT2D eigenvalue weighted by atomic mass is 9.93. The van der Waals surface area contributed by atoms with Crippen LogP contribution in [0.15, 0.2) is 42.7 Å². The highest BCUT2D eigenvalue weighted by Gasteiger charge is 2.23. The minimum Gasteiger partial charge on any atom is -0.339 e. The van der Waals surface area contributed by atoms with E-state index in [-0.39, 0.29) is 5.91 Å². The summed E-state index contributed by atoms with van der Waals surface area (Å²) in [5, 5.41) is 3.90. The Morgan fingerprint density at radius 1 is 1.20 bits per heavy atom. The van der Waals surface area contributed by atoms with E-state index in [1.165, 1.54) is 6.42 Å². The molecule has 4 nitrogen and oxygen atoms in total. The van der Waals surface area contributed by atoms with E-state index in [0.29, 0.717) is 10.6 Å². The number of pyridine rings is 1. The second-order valence-electron chi connectivity index (χ2n) is 6.60. The zero-order valence-corrected chi connectivity index (χ0v) is 15.3. The van der Waals surface area contributed by atoms with Gasteiger partial charge in [-0.2, -0.15) is 0 Å². The van der Waals surface area contributed by atoms with Gasteiger partial charge in [0.05, 0.1) is 5.56 Å². The highest BCUT2D eigenvalue weighted by Crippen LogP contribution is 2.24. The molecule has 1 fully saturated rings. The van der Waals surface area contributed by atoms with Crippen molar-refractivity contribution in [1.29, 1.82) is 0 Å². The third-order valence-electron chi connectivity index (χ3n) is 4.87. The average molecular weight is 358 g/mol. The van der Waals surface area contributed by atoms with Crippen LogP contribution >= 0.6 is 11.6 Å². The number of likely N-dealkylation sites (tertiary alicyclic amines) is 1. The quantitative estimate of drug-likeness (QED) is 0.883. The van der Waals surface area contributed by atoms with Crippen molar-refractivity contribution in [3.05, 3.63) is 53.3 Å². The number of hydrogen-bond acceptors (Lipinski definition) is 3. The second kappa shape index (κ2) is 8.45. The van der Waals surface area contributed by atoms with Crippen molar-refractivity contribution in [2.45, 2.75) is 19.3 Å². The van der Waals surface area contributed by atoms with E-state index in [9.17, 15) is 4.79 Å². The van der Waals surface area contributed by atoms with Crippen LogP contribution in [0.1, 0.15) is 29.6 Å². The van der Waals surface area contributed by atoms with Crippen LogP contribution in [0.3, 0.4) is 0 Å². The normalized spacial score (nSPS) is 15.4. The van der Waals surface area contributed by atoms with Gasteiger partial charge in [-0.25, -0.2) is 0 Å². The lowest BCUT2D eigenvalue weighted by Gasteiger charge is -2.32. The summed E-state index contributed by atoms with van der Waals surface area (Å²) < 4.78 is 0. The molecule has 0 radical (unpaired) electrons. The number of carbonyl (C=O) groups excluding carboxylic acids is 1. The maximum absolute atomic E-state index is 12.8. The van der Waals surface area contributed by atoms with Gasteiger partial charge in [0, 0.05) is 36.1 Å². The summed E-state index contributed by atoms with van der Waals surface area (Å²) in [6, 6.07) is 9.51. The number of nitrogens with one attached hydrogen (secondary N) is 1. The Balaban J connectivity index is 1.67. The summed E-state index contributed by atoms with van der Waals surface area (Å²) in [7, 11) is 1.99. The summed E-state index contributed by atoms with van der Waals surface area (Å²) in [6.45, 7) is 2.71. The Labute approximate surface area is 154 Å². The van der Waals surface area contributed by atoms with Gasteiger partial charge < -0.3 is 10.2 Å². The molecule has 1 aliphatic rings. The molecule has 2 aromatic rings. The predicted octanol–water partition coefficient (Wildman–Crippen LogP) is 3.86. The Hall–Kier alpha value is -1.91. The molecule has 1 aromatic heterocycles. The topological polar surface area (TPSA) is 45.2 Å². The van der Waals surface area contributed by atoms with Crippen LogP contribution in [-0.2, 0) is 0 Å². The highest BCUT2D eigenvalue weighted by molar-refractivity contribution is 6.30. The molecule has 0 bridgehead atoms. The molecule has 3 rings (SSSR count). The fourth-order valence-electron chi connectivity index (χ4n) is 3.31. The van der Waals surface area contributed by atoms with Gasteiger partial charge in [0.1, 0.15) is 0 Å². The molecule has 5 heteroatoms. The standard InChI is InChI=1S/C20H24ClN3O/c1-22-9-6-15-7-10-24(11-8-15)20(25)18-12-17(13-23-14-18)16-2-4-19(21)5-3-16/h2-5,12-15,22H,6-11H2,1H3. The number of amides is 1. The second-order valence-corrected chi connectivity index (χ2v) is 7.03. The highest BCUT2D eigenvalue weighted by atomic mass is 35.5. The van der Waals surface area contributed by atoms with E-state index in [1.807, 2.05) is 42.3 Å². The first-order valence-corrected chi connectivity index (χ1v) is 9.20. The molecule has 1 aliphatic heterocycles. The molecule has 0 aliphatic carbocycles. The fourth-order valence-corrected chi connectivity index (χ4v) is 3.44. The van der Waals surface area contributed by atoms with Crippen molar-refractivity contribution >= 4 is 17.5 Å². The van der Waals surface area contributed by atoms with Gasteiger partial charge in [-0.1, -0.05) is 23.7 Å². The Morgan fingerprint density at radius 3 is 2.60 bits per heavy atom. The van der Waals surface area contributed by atoms with Gasteiger partial charge >= 0.3 is 0 Å². The van der Waals surface area contributed by atoms with E-state index in [1.54, 1.807) is 12.4 Å². The minimum absolute atomic E-state index is 0.0791. The fraction of sp³-hybridized carbons (Fsp3) is 0.400. The summed E-state index contributed by atoms with van der Waals surface area (Å²) in [4.78, 5) is 19.0. The first kappa shape index (κ1) is 17.9. The molecule has 2 heterocycles. The molecular weight excluding hydrogens is 334 g/mol. The maximum atomic E-state index is 12.8. The molecule has 1 aromatic carbocycles.